The largest absolute Gasteiger partial charge is 0.367 e. The molecular formula is C44H92N20. The van der Waals surface area contributed by atoms with E-state index in [9.17, 15) is 0 Å². The Hall–Kier alpha value is -6.60. The zero-order valence-electron chi connectivity index (χ0n) is 44.3. The van der Waals surface area contributed by atoms with Crippen molar-refractivity contribution in [3.8, 4) is 0 Å². The third-order valence-electron chi connectivity index (χ3n) is 4.72. The summed E-state index contributed by atoms with van der Waals surface area (Å²) in [6, 6.07) is 3.94. The number of aromatic amines is 8. The number of imidazole rings is 1. The Morgan fingerprint density at radius 3 is 1.12 bits per heavy atom. The molecule has 0 radical (unpaired) electrons. The van der Waals surface area contributed by atoms with Crippen LogP contribution >= 0.6 is 0 Å². The van der Waals surface area contributed by atoms with Gasteiger partial charge in [0.1, 0.15) is 12.2 Å². The molecule has 8 rings (SSSR count). The molecule has 8 heterocycles. The summed E-state index contributed by atoms with van der Waals surface area (Å²) in [5.41, 5.74) is 6.53. The van der Waals surface area contributed by atoms with Crippen LogP contribution < -0.4 is 0 Å². The molecule has 20 heteroatoms. The van der Waals surface area contributed by atoms with Crippen molar-refractivity contribution in [2.24, 2.45) is 0 Å². The minimum absolute atomic E-state index is 0.676. The lowest BCUT2D eigenvalue weighted by molar-refractivity contribution is 0.881. The molecule has 8 N–H and O–H groups in total. The summed E-state index contributed by atoms with van der Waals surface area (Å²) in [7, 11) is 0. The van der Waals surface area contributed by atoms with Crippen molar-refractivity contribution in [1.29, 1.82) is 0 Å². The fourth-order valence-corrected chi connectivity index (χ4v) is 2.37. The van der Waals surface area contributed by atoms with Gasteiger partial charge < -0.3 is 9.97 Å². The monoisotopic (exact) mass is 901 g/mol. The maximum atomic E-state index is 3.77. The maximum absolute atomic E-state index is 3.77. The zero-order valence-corrected chi connectivity index (χ0v) is 44.3. The summed E-state index contributed by atoms with van der Waals surface area (Å²) in [4.78, 5) is 13.3. The van der Waals surface area contributed by atoms with Gasteiger partial charge >= 0.3 is 0 Å². The van der Waals surface area contributed by atoms with Crippen LogP contribution in [0.5, 0.6) is 0 Å². The Balaban J connectivity index is -0.0000000893. The quantitative estimate of drug-likeness (QED) is 0.0705. The minimum Gasteiger partial charge on any atom is -0.367 e. The van der Waals surface area contributed by atoms with E-state index in [0.717, 1.165) is 28.6 Å². The van der Waals surface area contributed by atoms with E-state index in [0.29, 0.717) is 5.82 Å². The van der Waals surface area contributed by atoms with Crippen LogP contribution in [0, 0.1) is 55.4 Å². The second-order valence-corrected chi connectivity index (χ2v) is 9.39. The number of aryl methyl sites for hydroxylation is 8. The van der Waals surface area contributed by atoms with Crippen molar-refractivity contribution in [3.63, 3.8) is 0 Å². The summed E-state index contributed by atoms with van der Waals surface area (Å²) < 4.78 is 0. The van der Waals surface area contributed by atoms with Crippen molar-refractivity contribution in [2.45, 2.75) is 166 Å². The van der Waals surface area contributed by atoms with Crippen molar-refractivity contribution < 1.29 is 0 Å². The highest BCUT2D eigenvalue weighted by Crippen LogP contribution is 1.88. The van der Waals surface area contributed by atoms with Crippen LogP contribution in [0.15, 0.2) is 74.4 Å². The van der Waals surface area contributed by atoms with Crippen LogP contribution in [0.1, 0.15) is 156 Å². The van der Waals surface area contributed by atoms with Crippen LogP contribution in [0.2, 0.25) is 0 Å². The third kappa shape index (κ3) is 67.2. The lowest BCUT2D eigenvalue weighted by Crippen LogP contribution is -1.69. The molecule has 0 amide bonds. The van der Waals surface area contributed by atoms with E-state index in [1.807, 2.05) is 183 Å². The van der Waals surface area contributed by atoms with Gasteiger partial charge in [0.05, 0.1) is 36.3 Å². The number of tetrazole rings is 1. The molecule has 0 aliphatic carbocycles. The Bertz CT molecular complexity index is 1270. The Labute approximate surface area is 387 Å². The molecule has 0 unspecified atom stereocenters. The summed E-state index contributed by atoms with van der Waals surface area (Å²) in [6.07, 6.45) is 17.5. The second kappa shape index (κ2) is 70.9. The maximum Gasteiger partial charge on any atom is 0.171 e. The molecule has 0 aliphatic rings. The van der Waals surface area contributed by atoms with E-state index in [1.165, 1.54) is 17.5 Å². The van der Waals surface area contributed by atoms with E-state index >= 15 is 0 Å². The van der Waals surface area contributed by atoms with Crippen LogP contribution in [-0.4, -0.2) is 102 Å². The fraction of sp³-hybridized carbons (Fsp3) is 0.545. The van der Waals surface area contributed by atoms with E-state index < -0.39 is 0 Å². The molecular weight excluding hydrogens is 809 g/mol. The first-order valence-corrected chi connectivity index (χ1v) is 22.3. The van der Waals surface area contributed by atoms with E-state index in [2.05, 4.69) is 109 Å². The summed E-state index contributed by atoms with van der Waals surface area (Å²) in [6.45, 7) is 47.4. The van der Waals surface area contributed by atoms with Gasteiger partial charge in [0, 0.05) is 42.4 Å². The molecule has 0 aliphatic heterocycles. The first-order chi connectivity index (χ1) is 31.2. The van der Waals surface area contributed by atoms with Crippen LogP contribution in [-0.2, 0) is 0 Å². The molecule has 0 bridgehead atoms. The van der Waals surface area contributed by atoms with Crippen LogP contribution in [0.3, 0.4) is 0 Å². The highest BCUT2D eigenvalue weighted by atomic mass is 15.5. The molecule has 8 aromatic rings. The smallest absolute Gasteiger partial charge is 0.171 e. The van der Waals surface area contributed by atoms with Gasteiger partial charge in [-0.3, -0.25) is 15.3 Å². The van der Waals surface area contributed by atoms with Gasteiger partial charge in [-0.2, -0.15) is 51.3 Å². The predicted octanol–water partition coefficient (Wildman–Crippen LogP) is 11.5. The average Bonchev–Trinajstić information content (AvgIpc) is 4.19. The minimum atomic E-state index is 0.676. The Morgan fingerprint density at radius 1 is 0.469 bits per heavy atom. The molecule has 0 fully saturated rings. The van der Waals surface area contributed by atoms with Gasteiger partial charge in [-0.1, -0.05) is 116 Å². The number of H-pyrrole nitrogens is 8. The van der Waals surface area contributed by atoms with Gasteiger partial charge in [-0.25, -0.2) is 9.97 Å². The normalized spacial score (nSPS) is 7.38. The summed E-state index contributed by atoms with van der Waals surface area (Å²) in [5.74, 6) is 1.53. The van der Waals surface area contributed by atoms with E-state index in [4.69, 9.17) is 0 Å². The van der Waals surface area contributed by atoms with Crippen LogP contribution in [0.4, 0.5) is 0 Å². The van der Waals surface area contributed by atoms with Crippen molar-refractivity contribution in [2.75, 3.05) is 0 Å². The molecule has 0 aromatic carbocycles. The number of nitrogens with one attached hydrogen (secondary N) is 8. The number of rotatable bonds is 0. The number of aromatic nitrogens is 20. The van der Waals surface area contributed by atoms with Crippen molar-refractivity contribution >= 4 is 0 Å². The topological polar surface area (TPSA) is 281 Å². The highest BCUT2D eigenvalue weighted by Gasteiger charge is 1.79. The molecule has 64 heavy (non-hydrogen) atoms. The molecule has 20 nitrogen and oxygen atoms in total. The van der Waals surface area contributed by atoms with Gasteiger partial charge in [0.15, 0.2) is 5.82 Å². The molecule has 0 atom stereocenters. The SMILES string of the molecule is CC.CC.CC.CC.CC.CC.CC.CC.Cc1cc[nH]c1.Cc1ccn[nH]1.Cc1cn[nH]c1.Cc1cn[nH]n1.Cc1cn[nH]n1.Cc1cnc[nH]1.Cc1ncn[nH]1.Cc1nn[nH]n1. The molecule has 0 saturated carbocycles. The highest BCUT2D eigenvalue weighted by molar-refractivity contribution is 5.04. The lowest BCUT2D eigenvalue weighted by atomic mass is 10.4. The summed E-state index contributed by atoms with van der Waals surface area (Å²) in [5, 5.41) is 51.2. The molecule has 0 spiro atoms. The lowest BCUT2D eigenvalue weighted by Gasteiger charge is -1.68. The molecule has 0 saturated heterocycles. The molecule has 368 valence electrons. The average molecular weight is 901 g/mol. The number of hydrogen-bond donors (Lipinski definition) is 8. The van der Waals surface area contributed by atoms with E-state index in [-0.39, 0.29) is 0 Å². The Morgan fingerprint density at radius 2 is 1.02 bits per heavy atom. The molecule has 8 aromatic heterocycles. The first kappa shape index (κ1) is 74.8. The van der Waals surface area contributed by atoms with Crippen molar-refractivity contribution in [3.05, 3.63) is 120 Å². The first-order valence-electron chi connectivity index (χ1n) is 22.3. The number of hydrogen-bond acceptors (Lipinski definition) is 12. The standard InChI is InChI=1S/C5H7N.3C4H6N2.3C3H5N3.C2H4N4.8C2H6/c1-5-2-3-6-4-5;1-4-2-5-3-6-4;1-4-2-5-6-3-4;1-4-2-3-5-6-4;1-3-4-2-5-6-3;2*1-3-2-4-6-5-3;1-2-3-5-6-4-2;8*1-2/h2-4,6H,1H3;3*2-3H,1H3,(H,5,6);3*2H,1H3,(H,4,5,6);1H3,(H,3,4,5,6);8*1-2H3. The van der Waals surface area contributed by atoms with Crippen molar-refractivity contribution in [1.82, 2.24) is 102 Å². The Kier molecular flexibility index (Phi) is 82.9. The zero-order chi connectivity index (χ0) is 51.2. The predicted molar refractivity (Wildman–Crippen MR) is 269 cm³/mol. The fourth-order valence-electron chi connectivity index (χ4n) is 2.37. The van der Waals surface area contributed by atoms with Gasteiger partial charge in [0.25, 0.3) is 0 Å². The third-order valence-corrected chi connectivity index (χ3v) is 4.72. The van der Waals surface area contributed by atoms with Gasteiger partial charge in [-0.15, -0.1) is 10.2 Å². The number of nitrogens with zero attached hydrogens (tertiary/aromatic N) is 12. The van der Waals surface area contributed by atoms with Gasteiger partial charge in [-0.05, 0) is 78.6 Å². The van der Waals surface area contributed by atoms with Gasteiger partial charge in [0.2, 0.25) is 0 Å². The van der Waals surface area contributed by atoms with Crippen LogP contribution in [0.25, 0.3) is 0 Å². The van der Waals surface area contributed by atoms with E-state index in [1.54, 1.807) is 44.2 Å². The summed E-state index contributed by atoms with van der Waals surface area (Å²) >= 11 is 0. The second-order valence-electron chi connectivity index (χ2n) is 9.39.